The van der Waals surface area contributed by atoms with E-state index in [-0.39, 0.29) is 30.1 Å². The van der Waals surface area contributed by atoms with Crippen molar-refractivity contribution in [1.29, 1.82) is 0 Å². The third-order valence-corrected chi connectivity index (χ3v) is 5.64. The molecule has 0 saturated carbocycles. The summed E-state index contributed by atoms with van der Waals surface area (Å²) in [4.78, 5) is 29.0. The maximum Gasteiger partial charge on any atom is 0.253 e. The van der Waals surface area contributed by atoms with E-state index in [0.29, 0.717) is 38.3 Å². The first-order valence-corrected chi connectivity index (χ1v) is 10.3. The molecule has 1 unspecified atom stereocenters. The normalized spacial score (nSPS) is 18.6. The van der Waals surface area contributed by atoms with Crippen molar-refractivity contribution in [3.8, 4) is 5.75 Å². The van der Waals surface area contributed by atoms with E-state index in [4.69, 9.17) is 4.74 Å². The standard InChI is InChI=1S/C23H27N3O3.ClH/c27-22(25-12-14-26(15-13-25)23(28)20-10-11-24-16-20)19-6-8-21(9-7-19)29-17-18-4-2-1-3-5-18;/h1-9,20,24H,10-17H2;1H. The van der Waals surface area contributed by atoms with Crippen molar-refractivity contribution in [3.63, 3.8) is 0 Å². The van der Waals surface area contributed by atoms with Gasteiger partial charge in [0.2, 0.25) is 5.91 Å². The Morgan fingerprint density at radius 3 is 2.23 bits per heavy atom. The highest BCUT2D eigenvalue weighted by Crippen LogP contribution is 2.18. The highest BCUT2D eigenvalue weighted by molar-refractivity contribution is 5.94. The van der Waals surface area contributed by atoms with Gasteiger partial charge in [-0.15, -0.1) is 12.4 Å². The zero-order valence-corrected chi connectivity index (χ0v) is 17.8. The summed E-state index contributed by atoms with van der Waals surface area (Å²) < 4.78 is 5.79. The Bertz CT molecular complexity index is 831. The van der Waals surface area contributed by atoms with Gasteiger partial charge in [-0.2, -0.15) is 0 Å². The fourth-order valence-corrected chi connectivity index (χ4v) is 3.87. The Kier molecular flexibility index (Phi) is 7.71. The lowest BCUT2D eigenvalue weighted by Gasteiger charge is -2.36. The lowest BCUT2D eigenvalue weighted by molar-refractivity contribution is -0.136. The van der Waals surface area contributed by atoms with Crippen LogP contribution >= 0.6 is 12.4 Å². The molecular weight excluding hydrogens is 402 g/mol. The van der Waals surface area contributed by atoms with Gasteiger partial charge in [-0.1, -0.05) is 30.3 Å². The Morgan fingerprint density at radius 1 is 0.933 bits per heavy atom. The number of hydrogen-bond acceptors (Lipinski definition) is 4. The first-order chi connectivity index (χ1) is 14.2. The molecule has 2 saturated heterocycles. The molecule has 2 aromatic rings. The van der Waals surface area contributed by atoms with Crippen LogP contribution in [0.1, 0.15) is 22.3 Å². The Hall–Kier alpha value is -2.57. The van der Waals surface area contributed by atoms with Gasteiger partial charge in [0.15, 0.2) is 0 Å². The van der Waals surface area contributed by atoms with Crippen molar-refractivity contribution in [2.75, 3.05) is 39.3 Å². The quantitative estimate of drug-likeness (QED) is 0.793. The highest BCUT2D eigenvalue weighted by atomic mass is 35.5. The molecule has 160 valence electrons. The molecule has 1 atom stereocenters. The van der Waals surface area contributed by atoms with Crippen molar-refractivity contribution in [2.24, 2.45) is 5.92 Å². The number of rotatable bonds is 5. The second kappa shape index (κ2) is 10.5. The van der Waals surface area contributed by atoms with E-state index in [9.17, 15) is 9.59 Å². The smallest absolute Gasteiger partial charge is 0.253 e. The number of piperazine rings is 1. The molecule has 30 heavy (non-hydrogen) atoms. The number of carbonyl (C=O) groups is 2. The second-order valence-corrected chi connectivity index (χ2v) is 7.61. The molecule has 1 N–H and O–H groups in total. The van der Waals surface area contributed by atoms with Crippen molar-refractivity contribution in [2.45, 2.75) is 13.0 Å². The third kappa shape index (κ3) is 5.32. The largest absolute Gasteiger partial charge is 0.489 e. The molecule has 2 aliphatic rings. The van der Waals surface area contributed by atoms with E-state index in [0.717, 1.165) is 30.8 Å². The molecule has 2 heterocycles. The zero-order valence-electron chi connectivity index (χ0n) is 17.0. The molecule has 0 aliphatic carbocycles. The molecule has 0 radical (unpaired) electrons. The molecule has 2 fully saturated rings. The van der Waals surface area contributed by atoms with Gasteiger partial charge in [0.25, 0.3) is 5.91 Å². The van der Waals surface area contributed by atoms with Crippen LogP contribution in [0.3, 0.4) is 0 Å². The van der Waals surface area contributed by atoms with Crippen molar-refractivity contribution >= 4 is 24.2 Å². The molecule has 0 bridgehead atoms. The van der Waals surface area contributed by atoms with Gasteiger partial charge in [0, 0.05) is 38.3 Å². The summed E-state index contributed by atoms with van der Waals surface area (Å²) in [6, 6.07) is 17.3. The summed E-state index contributed by atoms with van der Waals surface area (Å²) in [6.07, 6.45) is 0.913. The van der Waals surface area contributed by atoms with Crippen molar-refractivity contribution < 1.29 is 14.3 Å². The zero-order chi connectivity index (χ0) is 20.1. The lowest BCUT2D eigenvalue weighted by Crippen LogP contribution is -2.52. The first-order valence-electron chi connectivity index (χ1n) is 10.3. The van der Waals surface area contributed by atoms with E-state index in [1.807, 2.05) is 64.4 Å². The van der Waals surface area contributed by atoms with Crippen LogP contribution in [0.2, 0.25) is 0 Å². The van der Waals surface area contributed by atoms with Crippen LogP contribution in [0, 0.1) is 5.92 Å². The molecular formula is C23H28ClN3O3. The number of nitrogens with zero attached hydrogens (tertiary/aromatic N) is 2. The fourth-order valence-electron chi connectivity index (χ4n) is 3.87. The van der Waals surface area contributed by atoms with Gasteiger partial charge in [-0.25, -0.2) is 0 Å². The minimum absolute atomic E-state index is 0. The number of carbonyl (C=O) groups excluding carboxylic acids is 2. The summed E-state index contributed by atoms with van der Waals surface area (Å²) in [5.41, 5.74) is 1.75. The maximum atomic E-state index is 12.8. The van der Waals surface area contributed by atoms with Crippen LogP contribution in [0.15, 0.2) is 54.6 Å². The van der Waals surface area contributed by atoms with E-state index in [1.54, 1.807) is 0 Å². The van der Waals surface area contributed by atoms with Gasteiger partial charge >= 0.3 is 0 Å². The van der Waals surface area contributed by atoms with Gasteiger partial charge < -0.3 is 19.9 Å². The first kappa shape index (κ1) is 22.1. The maximum absolute atomic E-state index is 12.8. The predicted molar refractivity (Wildman–Crippen MR) is 118 cm³/mol. The average Bonchev–Trinajstić information content (AvgIpc) is 3.33. The monoisotopic (exact) mass is 429 g/mol. The number of amides is 2. The van der Waals surface area contributed by atoms with Gasteiger partial charge in [0.1, 0.15) is 12.4 Å². The van der Waals surface area contributed by atoms with E-state index < -0.39 is 0 Å². The van der Waals surface area contributed by atoms with Gasteiger partial charge in [0.05, 0.1) is 5.92 Å². The van der Waals surface area contributed by atoms with Gasteiger partial charge in [-0.3, -0.25) is 9.59 Å². The molecule has 2 aromatic carbocycles. The minimum Gasteiger partial charge on any atom is -0.489 e. The van der Waals surface area contributed by atoms with Crippen LogP contribution in [-0.4, -0.2) is 60.9 Å². The number of halogens is 1. The van der Waals surface area contributed by atoms with E-state index in [2.05, 4.69) is 5.32 Å². The molecule has 7 heteroatoms. The molecule has 0 spiro atoms. The van der Waals surface area contributed by atoms with Crippen LogP contribution in [0.25, 0.3) is 0 Å². The molecule has 2 aliphatic heterocycles. The Balaban J connectivity index is 0.00000256. The third-order valence-electron chi connectivity index (χ3n) is 5.64. The van der Waals surface area contributed by atoms with E-state index >= 15 is 0 Å². The summed E-state index contributed by atoms with van der Waals surface area (Å²) in [6.45, 7) is 4.57. The van der Waals surface area contributed by atoms with Crippen LogP contribution in [0.4, 0.5) is 0 Å². The molecule has 6 nitrogen and oxygen atoms in total. The summed E-state index contributed by atoms with van der Waals surface area (Å²) in [5.74, 6) is 1.07. The number of ether oxygens (including phenoxy) is 1. The van der Waals surface area contributed by atoms with Crippen LogP contribution < -0.4 is 10.1 Å². The number of hydrogen-bond donors (Lipinski definition) is 1. The average molecular weight is 430 g/mol. The predicted octanol–water partition coefficient (Wildman–Crippen LogP) is 2.58. The molecule has 2 amide bonds. The summed E-state index contributed by atoms with van der Waals surface area (Å²) in [7, 11) is 0. The van der Waals surface area contributed by atoms with Gasteiger partial charge in [-0.05, 0) is 42.8 Å². The van der Waals surface area contributed by atoms with E-state index in [1.165, 1.54) is 0 Å². The number of nitrogens with one attached hydrogen (secondary N) is 1. The van der Waals surface area contributed by atoms with Crippen molar-refractivity contribution in [1.82, 2.24) is 15.1 Å². The lowest BCUT2D eigenvalue weighted by atomic mass is 10.1. The minimum atomic E-state index is 0. The Labute approximate surface area is 183 Å². The highest BCUT2D eigenvalue weighted by Gasteiger charge is 2.30. The molecule has 4 rings (SSSR count). The number of benzene rings is 2. The van der Waals surface area contributed by atoms with Crippen molar-refractivity contribution in [3.05, 3.63) is 65.7 Å². The second-order valence-electron chi connectivity index (χ2n) is 7.61. The fraction of sp³-hybridized carbons (Fsp3) is 0.391. The topological polar surface area (TPSA) is 61.9 Å². The van der Waals surface area contributed by atoms with Crippen LogP contribution in [0.5, 0.6) is 5.75 Å². The summed E-state index contributed by atoms with van der Waals surface area (Å²) >= 11 is 0. The van der Waals surface area contributed by atoms with Crippen LogP contribution in [-0.2, 0) is 11.4 Å². The Morgan fingerprint density at radius 2 is 1.60 bits per heavy atom. The SMILES string of the molecule is Cl.O=C(c1ccc(OCc2ccccc2)cc1)N1CCN(C(=O)C2CCNC2)CC1. The summed E-state index contributed by atoms with van der Waals surface area (Å²) in [5, 5.41) is 3.24. The molecule has 0 aromatic heterocycles.